The molecule has 1 heterocycles. The van der Waals surface area contributed by atoms with Crippen LogP contribution in [0.5, 0.6) is 0 Å². The standard InChI is InChI=1S/C15H23NO3S/c1-4-19-13-9-12(15(13,2)3)16-10(8-14(17)18)11-6-5-7-20-11/h5-7,10,12-13,16H,4,8-9H2,1-3H3,(H,17,18). The first-order valence-electron chi connectivity index (χ1n) is 7.08. The monoisotopic (exact) mass is 297 g/mol. The first kappa shape index (κ1) is 15.5. The molecular formula is C15H23NO3S. The summed E-state index contributed by atoms with van der Waals surface area (Å²) in [6.45, 7) is 7.10. The minimum atomic E-state index is -0.769. The molecule has 112 valence electrons. The molecule has 4 nitrogen and oxygen atoms in total. The summed E-state index contributed by atoms with van der Waals surface area (Å²) in [4.78, 5) is 12.1. The Morgan fingerprint density at radius 3 is 2.90 bits per heavy atom. The lowest BCUT2D eigenvalue weighted by molar-refractivity contribution is -0.139. The summed E-state index contributed by atoms with van der Waals surface area (Å²) in [6.07, 6.45) is 1.33. The van der Waals surface area contributed by atoms with Gasteiger partial charge in [0, 0.05) is 22.9 Å². The molecule has 0 aliphatic heterocycles. The first-order chi connectivity index (χ1) is 9.45. The van der Waals surface area contributed by atoms with Gasteiger partial charge >= 0.3 is 5.97 Å². The summed E-state index contributed by atoms with van der Waals surface area (Å²) < 4.78 is 5.72. The van der Waals surface area contributed by atoms with Gasteiger partial charge in [0.25, 0.3) is 0 Å². The zero-order valence-corrected chi connectivity index (χ0v) is 13.1. The second-order valence-corrected chi connectivity index (χ2v) is 6.87. The minimum absolute atomic E-state index is 0.0457. The fourth-order valence-electron chi connectivity index (χ4n) is 2.80. The van der Waals surface area contributed by atoms with Crippen molar-refractivity contribution in [2.24, 2.45) is 5.41 Å². The van der Waals surface area contributed by atoms with E-state index in [9.17, 15) is 4.79 Å². The molecule has 5 heteroatoms. The number of aliphatic carboxylic acids is 1. The van der Waals surface area contributed by atoms with E-state index in [4.69, 9.17) is 9.84 Å². The smallest absolute Gasteiger partial charge is 0.305 e. The predicted octanol–water partition coefficient (Wildman–Crippen LogP) is 3.06. The van der Waals surface area contributed by atoms with Crippen molar-refractivity contribution in [3.63, 3.8) is 0 Å². The average molecular weight is 297 g/mol. The zero-order valence-electron chi connectivity index (χ0n) is 12.3. The highest BCUT2D eigenvalue weighted by Crippen LogP contribution is 2.44. The van der Waals surface area contributed by atoms with Crippen LogP contribution in [0.4, 0.5) is 0 Å². The Hall–Kier alpha value is -0.910. The number of rotatable bonds is 7. The topological polar surface area (TPSA) is 58.6 Å². The van der Waals surface area contributed by atoms with Gasteiger partial charge in [-0.1, -0.05) is 19.9 Å². The van der Waals surface area contributed by atoms with Gasteiger partial charge in [0.15, 0.2) is 0 Å². The molecule has 0 amide bonds. The van der Waals surface area contributed by atoms with Crippen LogP contribution in [-0.4, -0.2) is 29.8 Å². The Bertz CT molecular complexity index is 444. The van der Waals surface area contributed by atoms with E-state index >= 15 is 0 Å². The second-order valence-electron chi connectivity index (χ2n) is 5.89. The van der Waals surface area contributed by atoms with Crippen molar-refractivity contribution in [3.05, 3.63) is 22.4 Å². The lowest BCUT2D eigenvalue weighted by Gasteiger charge is -2.52. The van der Waals surface area contributed by atoms with Gasteiger partial charge < -0.3 is 15.2 Å². The molecule has 3 unspecified atom stereocenters. The molecule has 1 fully saturated rings. The molecular weight excluding hydrogens is 274 g/mol. The van der Waals surface area contributed by atoms with Crippen molar-refractivity contribution in [1.29, 1.82) is 0 Å². The number of thiophene rings is 1. The minimum Gasteiger partial charge on any atom is -0.481 e. The lowest BCUT2D eigenvalue weighted by Crippen LogP contribution is -2.61. The molecule has 20 heavy (non-hydrogen) atoms. The third-order valence-corrected chi connectivity index (χ3v) is 5.20. The molecule has 1 aromatic rings. The highest BCUT2D eigenvalue weighted by atomic mass is 32.1. The number of hydrogen-bond donors (Lipinski definition) is 2. The Morgan fingerprint density at radius 2 is 2.40 bits per heavy atom. The number of nitrogens with one attached hydrogen (secondary N) is 1. The molecule has 1 aliphatic rings. The molecule has 0 bridgehead atoms. The second kappa shape index (κ2) is 6.24. The van der Waals surface area contributed by atoms with Gasteiger partial charge in [-0.2, -0.15) is 0 Å². The molecule has 2 rings (SSSR count). The van der Waals surface area contributed by atoms with E-state index in [1.807, 2.05) is 24.4 Å². The van der Waals surface area contributed by atoms with Gasteiger partial charge in [-0.3, -0.25) is 4.79 Å². The van der Waals surface area contributed by atoms with Gasteiger partial charge in [-0.05, 0) is 24.8 Å². The van der Waals surface area contributed by atoms with Crippen LogP contribution in [0.1, 0.15) is 44.5 Å². The number of carboxylic acid groups (broad SMARTS) is 1. The van der Waals surface area contributed by atoms with E-state index in [0.717, 1.165) is 17.9 Å². The fourth-order valence-corrected chi connectivity index (χ4v) is 3.59. The van der Waals surface area contributed by atoms with Crippen LogP contribution in [0.25, 0.3) is 0 Å². The van der Waals surface area contributed by atoms with E-state index in [0.29, 0.717) is 6.04 Å². The van der Waals surface area contributed by atoms with Crippen molar-refractivity contribution < 1.29 is 14.6 Å². The molecule has 0 spiro atoms. The van der Waals surface area contributed by atoms with Crippen molar-refractivity contribution >= 4 is 17.3 Å². The molecule has 1 saturated carbocycles. The number of carboxylic acids is 1. The number of hydrogen-bond acceptors (Lipinski definition) is 4. The maximum Gasteiger partial charge on any atom is 0.305 e. The van der Waals surface area contributed by atoms with E-state index in [1.54, 1.807) is 11.3 Å². The summed E-state index contributed by atoms with van der Waals surface area (Å²) in [6, 6.07) is 4.15. The van der Waals surface area contributed by atoms with Gasteiger partial charge in [-0.15, -0.1) is 11.3 Å². The summed E-state index contributed by atoms with van der Waals surface area (Å²) in [5.74, 6) is -0.769. The normalized spacial score (nSPS) is 25.9. The zero-order chi connectivity index (χ0) is 14.8. The highest BCUT2D eigenvalue weighted by Gasteiger charge is 2.49. The van der Waals surface area contributed by atoms with Crippen LogP contribution in [0, 0.1) is 5.41 Å². The van der Waals surface area contributed by atoms with Crippen LogP contribution in [0.2, 0.25) is 0 Å². The largest absolute Gasteiger partial charge is 0.481 e. The number of ether oxygens (including phenoxy) is 1. The molecule has 0 saturated heterocycles. The molecule has 1 aromatic heterocycles. The molecule has 0 aromatic carbocycles. The van der Waals surface area contributed by atoms with Crippen molar-refractivity contribution in [2.45, 2.75) is 51.8 Å². The quantitative estimate of drug-likeness (QED) is 0.812. The predicted molar refractivity (Wildman–Crippen MR) is 80.0 cm³/mol. The summed E-state index contributed by atoms with van der Waals surface area (Å²) >= 11 is 1.60. The summed E-state index contributed by atoms with van der Waals surface area (Å²) in [5, 5.41) is 14.6. The van der Waals surface area contributed by atoms with E-state index in [1.165, 1.54) is 0 Å². The Labute approximate surface area is 124 Å². The molecule has 2 N–H and O–H groups in total. The lowest BCUT2D eigenvalue weighted by atomic mass is 9.64. The molecule has 0 radical (unpaired) electrons. The highest BCUT2D eigenvalue weighted by molar-refractivity contribution is 7.10. The van der Waals surface area contributed by atoms with Gasteiger partial charge in [-0.25, -0.2) is 0 Å². The van der Waals surface area contributed by atoms with Crippen LogP contribution in [0.15, 0.2) is 17.5 Å². The van der Waals surface area contributed by atoms with Gasteiger partial charge in [0.2, 0.25) is 0 Å². The molecule has 3 atom stereocenters. The third kappa shape index (κ3) is 3.22. The Morgan fingerprint density at radius 1 is 1.65 bits per heavy atom. The van der Waals surface area contributed by atoms with Gasteiger partial charge in [0.1, 0.15) is 0 Å². The van der Waals surface area contributed by atoms with Gasteiger partial charge in [0.05, 0.1) is 18.6 Å². The van der Waals surface area contributed by atoms with E-state index in [2.05, 4.69) is 19.2 Å². The SMILES string of the molecule is CCOC1CC(NC(CC(=O)O)c2cccs2)C1(C)C. The van der Waals surface area contributed by atoms with Crippen molar-refractivity contribution in [2.75, 3.05) is 6.61 Å². The maximum atomic E-state index is 11.1. The third-order valence-electron chi connectivity index (χ3n) is 4.21. The van der Waals surface area contributed by atoms with Crippen LogP contribution in [-0.2, 0) is 9.53 Å². The summed E-state index contributed by atoms with van der Waals surface area (Å²) in [5.41, 5.74) is 0.0457. The number of carbonyl (C=O) groups is 1. The molecule has 1 aliphatic carbocycles. The fraction of sp³-hybridized carbons (Fsp3) is 0.667. The van der Waals surface area contributed by atoms with Crippen molar-refractivity contribution in [1.82, 2.24) is 5.32 Å². The van der Waals surface area contributed by atoms with Crippen LogP contribution in [0.3, 0.4) is 0 Å². The van der Waals surface area contributed by atoms with Crippen molar-refractivity contribution in [3.8, 4) is 0 Å². The average Bonchev–Trinajstić information content (AvgIpc) is 2.89. The first-order valence-corrected chi connectivity index (χ1v) is 7.96. The Kier molecular flexibility index (Phi) is 4.83. The maximum absolute atomic E-state index is 11.1. The Balaban J connectivity index is 2.01. The summed E-state index contributed by atoms with van der Waals surface area (Å²) in [7, 11) is 0. The van der Waals surface area contributed by atoms with E-state index in [-0.39, 0.29) is 24.0 Å². The van der Waals surface area contributed by atoms with E-state index < -0.39 is 5.97 Å². The van der Waals surface area contributed by atoms with Crippen LogP contribution < -0.4 is 5.32 Å². The van der Waals surface area contributed by atoms with Crippen LogP contribution >= 0.6 is 11.3 Å².